The third kappa shape index (κ3) is 4.97. The summed E-state index contributed by atoms with van der Waals surface area (Å²) in [6, 6.07) is 27.8. The van der Waals surface area contributed by atoms with Gasteiger partial charge >= 0.3 is 5.97 Å². The number of Topliss-reactive ketones (excluding diaryl/α,β-unsaturated/α-hetero) is 2. The normalized spacial score (nSPS) is 20.3. The van der Waals surface area contributed by atoms with Gasteiger partial charge in [-0.1, -0.05) is 91.0 Å². The summed E-state index contributed by atoms with van der Waals surface area (Å²) < 4.78 is 5.68. The quantitative estimate of drug-likeness (QED) is 0.389. The smallest absolute Gasteiger partial charge is 0.310 e. The van der Waals surface area contributed by atoms with Gasteiger partial charge in [0.05, 0.1) is 5.92 Å². The lowest BCUT2D eigenvalue weighted by Crippen LogP contribution is -2.27. The molecule has 4 rings (SSSR count). The van der Waals surface area contributed by atoms with Crippen LogP contribution < -0.4 is 0 Å². The minimum Gasteiger partial charge on any atom is -0.461 e. The van der Waals surface area contributed by atoms with Crippen LogP contribution in [0.3, 0.4) is 0 Å². The Morgan fingerprint density at radius 1 is 0.677 bits per heavy atom. The average Bonchev–Trinajstić information content (AvgIpc) is 3.09. The standard InChI is InChI=1S/C27H24O4/c28-24(20-12-6-2-7-13-20)17-23-22(16-19-10-4-1-5-11-19)26(31-27(23)30)18-25(29)21-14-8-3-9-15-21/h1-15,22-23,26H,16-18H2/t22-,23+,26+/m1/s1. The van der Waals surface area contributed by atoms with Gasteiger partial charge in [0.1, 0.15) is 6.10 Å². The van der Waals surface area contributed by atoms with Gasteiger partial charge in [0.2, 0.25) is 0 Å². The van der Waals surface area contributed by atoms with Gasteiger partial charge in [0, 0.05) is 29.9 Å². The van der Waals surface area contributed by atoms with Crippen LogP contribution in [0.1, 0.15) is 39.1 Å². The van der Waals surface area contributed by atoms with Gasteiger partial charge in [-0.25, -0.2) is 0 Å². The largest absolute Gasteiger partial charge is 0.461 e. The highest BCUT2D eigenvalue weighted by Crippen LogP contribution is 2.36. The van der Waals surface area contributed by atoms with Gasteiger partial charge in [-0.2, -0.15) is 0 Å². The van der Waals surface area contributed by atoms with Gasteiger partial charge in [0.15, 0.2) is 11.6 Å². The Morgan fingerprint density at radius 2 is 1.16 bits per heavy atom. The fourth-order valence-electron chi connectivity index (χ4n) is 4.21. The summed E-state index contributed by atoms with van der Waals surface area (Å²) in [5, 5.41) is 0. The highest BCUT2D eigenvalue weighted by molar-refractivity contribution is 5.99. The number of hydrogen-bond donors (Lipinski definition) is 0. The lowest BCUT2D eigenvalue weighted by Gasteiger charge is -2.21. The second-order valence-electron chi connectivity index (χ2n) is 7.92. The second kappa shape index (κ2) is 9.52. The molecule has 1 heterocycles. The molecule has 0 saturated carbocycles. The van der Waals surface area contributed by atoms with Crippen molar-refractivity contribution in [3.05, 3.63) is 108 Å². The zero-order chi connectivity index (χ0) is 21.6. The molecule has 4 nitrogen and oxygen atoms in total. The zero-order valence-electron chi connectivity index (χ0n) is 17.1. The van der Waals surface area contributed by atoms with Gasteiger partial charge < -0.3 is 4.74 Å². The lowest BCUT2D eigenvalue weighted by molar-refractivity contribution is -0.144. The monoisotopic (exact) mass is 412 g/mol. The van der Waals surface area contributed by atoms with Gasteiger partial charge in [-0.05, 0) is 12.0 Å². The molecule has 0 amide bonds. The number of benzene rings is 3. The topological polar surface area (TPSA) is 60.4 Å². The Balaban J connectivity index is 1.56. The number of hydrogen-bond acceptors (Lipinski definition) is 4. The molecule has 0 unspecified atom stereocenters. The lowest BCUT2D eigenvalue weighted by atomic mass is 9.80. The molecule has 1 saturated heterocycles. The van der Waals surface area contributed by atoms with Crippen LogP contribution in [-0.4, -0.2) is 23.6 Å². The molecule has 0 radical (unpaired) electrons. The molecule has 0 aromatic heterocycles. The molecule has 1 aliphatic heterocycles. The van der Waals surface area contributed by atoms with E-state index in [2.05, 4.69) is 0 Å². The Bertz CT molecular complexity index is 1040. The summed E-state index contributed by atoms with van der Waals surface area (Å²) in [6.07, 6.45) is 0.222. The van der Waals surface area contributed by atoms with Crippen LogP contribution in [0.2, 0.25) is 0 Å². The van der Waals surface area contributed by atoms with Crippen LogP contribution in [-0.2, 0) is 16.0 Å². The average molecular weight is 412 g/mol. The minimum absolute atomic E-state index is 0.0634. The van der Waals surface area contributed by atoms with E-state index < -0.39 is 18.0 Å². The number of carbonyl (C=O) groups is 3. The molecule has 0 aliphatic carbocycles. The first kappa shape index (κ1) is 20.7. The molecule has 0 N–H and O–H groups in total. The molecular weight excluding hydrogens is 388 g/mol. The Morgan fingerprint density at radius 3 is 1.71 bits per heavy atom. The fourth-order valence-corrected chi connectivity index (χ4v) is 4.21. The van der Waals surface area contributed by atoms with Crippen molar-refractivity contribution >= 4 is 17.5 Å². The van der Waals surface area contributed by atoms with Crippen LogP contribution >= 0.6 is 0 Å². The molecule has 0 bridgehead atoms. The molecule has 0 spiro atoms. The summed E-state index contributed by atoms with van der Waals surface area (Å²) in [7, 11) is 0. The molecule has 1 aliphatic rings. The molecule has 3 aromatic carbocycles. The van der Waals surface area contributed by atoms with Gasteiger partial charge in [0.25, 0.3) is 0 Å². The van der Waals surface area contributed by atoms with E-state index in [1.54, 1.807) is 24.3 Å². The van der Waals surface area contributed by atoms with E-state index in [4.69, 9.17) is 4.74 Å². The summed E-state index contributed by atoms with van der Waals surface area (Å²) in [6.45, 7) is 0. The van der Waals surface area contributed by atoms with Crippen molar-refractivity contribution in [2.45, 2.75) is 25.4 Å². The van der Waals surface area contributed by atoms with E-state index in [1.807, 2.05) is 66.7 Å². The predicted octanol–water partition coefficient (Wildman–Crippen LogP) is 4.93. The van der Waals surface area contributed by atoms with Crippen molar-refractivity contribution in [1.29, 1.82) is 0 Å². The summed E-state index contributed by atoms with van der Waals surface area (Å²) in [5.74, 6) is -1.35. The van der Waals surface area contributed by atoms with Crippen LogP contribution in [0.25, 0.3) is 0 Å². The Labute approximate surface area is 181 Å². The van der Waals surface area contributed by atoms with Crippen molar-refractivity contribution in [3.8, 4) is 0 Å². The third-order valence-corrected chi connectivity index (χ3v) is 5.86. The van der Waals surface area contributed by atoms with Crippen LogP contribution in [0.15, 0.2) is 91.0 Å². The van der Waals surface area contributed by atoms with E-state index >= 15 is 0 Å². The van der Waals surface area contributed by atoms with Gasteiger partial charge in [-0.3, -0.25) is 14.4 Å². The Hall–Kier alpha value is -3.53. The molecule has 156 valence electrons. The maximum atomic E-state index is 12.8. The molecule has 3 atom stereocenters. The highest BCUT2D eigenvalue weighted by Gasteiger charge is 2.46. The van der Waals surface area contributed by atoms with Crippen molar-refractivity contribution in [1.82, 2.24) is 0 Å². The first-order chi connectivity index (χ1) is 15.1. The van der Waals surface area contributed by atoms with Crippen LogP contribution in [0.5, 0.6) is 0 Å². The maximum absolute atomic E-state index is 12.8. The molecule has 3 aromatic rings. The summed E-state index contributed by atoms with van der Waals surface area (Å²) >= 11 is 0. The van der Waals surface area contributed by atoms with E-state index in [-0.39, 0.29) is 30.3 Å². The van der Waals surface area contributed by atoms with Crippen LogP contribution in [0.4, 0.5) is 0 Å². The SMILES string of the molecule is O=C(C[C@@H]1OC(=O)[C@@H](CC(=O)c2ccccc2)[C@H]1Cc1ccccc1)c1ccccc1. The van der Waals surface area contributed by atoms with E-state index in [1.165, 1.54) is 0 Å². The highest BCUT2D eigenvalue weighted by atomic mass is 16.6. The van der Waals surface area contributed by atoms with Crippen molar-refractivity contribution in [3.63, 3.8) is 0 Å². The molecule has 31 heavy (non-hydrogen) atoms. The number of ketones is 2. The van der Waals surface area contributed by atoms with Gasteiger partial charge in [-0.15, -0.1) is 0 Å². The number of carbonyl (C=O) groups excluding carboxylic acids is 3. The summed E-state index contributed by atoms with van der Waals surface area (Å²) in [5.41, 5.74) is 2.23. The van der Waals surface area contributed by atoms with E-state index in [0.717, 1.165) is 5.56 Å². The molecular formula is C27H24O4. The van der Waals surface area contributed by atoms with E-state index in [0.29, 0.717) is 17.5 Å². The number of rotatable bonds is 8. The number of cyclic esters (lactones) is 1. The maximum Gasteiger partial charge on any atom is 0.310 e. The second-order valence-corrected chi connectivity index (χ2v) is 7.92. The van der Waals surface area contributed by atoms with Crippen molar-refractivity contribution < 1.29 is 19.1 Å². The van der Waals surface area contributed by atoms with Crippen molar-refractivity contribution in [2.75, 3.05) is 0 Å². The van der Waals surface area contributed by atoms with Crippen molar-refractivity contribution in [2.24, 2.45) is 11.8 Å². The first-order valence-corrected chi connectivity index (χ1v) is 10.5. The Kier molecular flexibility index (Phi) is 6.37. The summed E-state index contributed by atoms with van der Waals surface area (Å²) in [4.78, 5) is 38.4. The molecule has 4 heteroatoms. The minimum atomic E-state index is -0.568. The number of esters is 1. The molecule has 1 fully saturated rings. The predicted molar refractivity (Wildman–Crippen MR) is 118 cm³/mol. The number of ether oxygens (including phenoxy) is 1. The first-order valence-electron chi connectivity index (χ1n) is 10.5. The zero-order valence-corrected chi connectivity index (χ0v) is 17.1. The third-order valence-electron chi connectivity index (χ3n) is 5.86. The fraction of sp³-hybridized carbons (Fsp3) is 0.222. The van der Waals surface area contributed by atoms with E-state index in [9.17, 15) is 14.4 Å². The van der Waals surface area contributed by atoms with Crippen LogP contribution in [0, 0.1) is 11.8 Å².